The lowest BCUT2D eigenvalue weighted by Crippen LogP contribution is -2.29. The molecule has 0 radical (unpaired) electrons. The Hall–Kier alpha value is -1.77. The molecule has 1 aromatic rings. The Kier molecular flexibility index (Phi) is 3.29. The standard InChI is InChI=1S/C11H14N2O/c1-8(2)11(14)13-12-10-6-4-9(3)5-7-10/h4-7,12H,1H2,2-3H3,(H,13,14). The molecule has 3 heteroatoms. The summed E-state index contributed by atoms with van der Waals surface area (Å²) in [4.78, 5) is 11.1. The molecule has 1 amide bonds. The molecule has 14 heavy (non-hydrogen) atoms. The largest absolute Gasteiger partial charge is 0.298 e. The van der Waals surface area contributed by atoms with Crippen molar-refractivity contribution in [2.24, 2.45) is 0 Å². The summed E-state index contributed by atoms with van der Waals surface area (Å²) in [6.45, 7) is 7.20. The monoisotopic (exact) mass is 190 g/mol. The summed E-state index contributed by atoms with van der Waals surface area (Å²) >= 11 is 0. The van der Waals surface area contributed by atoms with Crippen LogP contribution in [0.2, 0.25) is 0 Å². The lowest BCUT2D eigenvalue weighted by molar-refractivity contribution is -0.116. The van der Waals surface area contributed by atoms with Gasteiger partial charge >= 0.3 is 0 Å². The summed E-state index contributed by atoms with van der Waals surface area (Å²) in [5.74, 6) is -0.203. The van der Waals surface area contributed by atoms with Gasteiger partial charge in [-0.25, -0.2) is 0 Å². The zero-order chi connectivity index (χ0) is 10.6. The fourth-order valence-electron chi connectivity index (χ4n) is 0.873. The minimum absolute atomic E-state index is 0.203. The van der Waals surface area contributed by atoms with Gasteiger partial charge in [-0.2, -0.15) is 0 Å². The molecule has 0 atom stereocenters. The van der Waals surface area contributed by atoms with Crippen LogP contribution in [0.25, 0.3) is 0 Å². The normalized spacial score (nSPS) is 9.29. The highest BCUT2D eigenvalue weighted by Gasteiger charge is 1.99. The Bertz CT molecular complexity index is 341. The van der Waals surface area contributed by atoms with Crippen molar-refractivity contribution in [1.82, 2.24) is 5.43 Å². The summed E-state index contributed by atoms with van der Waals surface area (Å²) in [7, 11) is 0. The van der Waals surface area contributed by atoms with Crippen LogP contribution in [0.4, 0.5) is 5.69 Å². The van der Waals surface area contributed by atoms with E-state index in [1.54, 1.807) is 6.92 Å². The zero-order valence-corrected chi connectivity index (χ0v) is 8.42. The van der Waals surface area contributed by atoms with E-state index in [1.807, 2.05) is 31.2 Å². The smallest absolute Gasteiger partial charge is 0.264 e. The molecule has 2 N–H and O–H groups in total. The number of nitrogens with one attached hydrogen (secondary N) is 2. The number of carbonyl (C=O) groups is 1. The number of amides is 1. The molecule has 1 rings (SSSR count). The number of hydrogen-bond acceptors (Lipinski definition) is 2. The fraction of sp³-hybridized carbons (Fsp3) is 0.182. The summed E-state index contributed by atoms with van der Waals surface area (Å²) in [5.41, 5.74) is 7.83. The summed E-state index contributed by atoms with van der Waals surface area (Å²) in [6, 6.07) is 7.73. The maximum absolute atomic E-state index is 11.1. The fourth-order valence-corrected chi connectivity index (χ4v) is 0.873. The molecular weight excluding hydrogens is 176 g/mol. The van der Waals surface area contributed by atoms with Gasteiger partial charge in [-0.1, -0.05) is 24.3 Å². The number of aryl methyl sites for hydroxylation is 1. The van der Waals surface area contributed by atoms with Crippen molar-refractivity contribution in [3.63, 3.8) is 0 Å². The number of rotatable bonds is 3. The van der Waals surface area contributed by atoms with E-state index in [1.165, 1.54) is 5.56 Å². The zero-order valence-electron chi connectivity index (χ0n) is 8.42. The first kappa shape index (κ1) is 10.3. The van der Waals surface area contributed by atoms with Gasteiger partial charge in [-0.3, -0.25) is 15.6 Å². The Balaban J connectivity index is 2.50. The van der Waals surface area contributed by atoms with Crippen molar-refractivity contribution in [2.75, 3.05) is 5.43 Å². The van der Waals surface area contributed by atoms with Crippen LogP contribution in [0.5, 0.6) is 0 Å². The molecule has 0 aliphatic carbocycles. The maximum Gasteiger partial charge on any atom is 0.264 e. The minimum atomic E-state index is -0.203. The van der Waals surface area contributed by atoms with Gasteiger partial charge in [0.1, 0.15) is 0 Å². The Labute approximate surface area is 83.8 Å². The lowest BCUT2D eigenvalue weighted by atomic mass is 10.2. The van der Waals surface area contributed by atoms with Gasteiger partial charge in [0.2, 0.25) is 0 Å². The average molecular weight is 190 g/mol. The van der Waals surface area contributed by atoms with Crippen molar-refractivity contribution in [3.8, 4) is 0 Å². The van der Waals surface area contributed by atoms with E-state index in [4.69, 9.17) is 0 Å². The van der Waals surface area contributed by atoms with E-state index >= 15 is 0 Å². The van der Waals surface area contributed by atoms with Crippen LogP contribution in [0.3, 0.4) is 0 Å². The second kappa shape index (κ2) is 4.46. The molecule has 0 saturated heterocycles. The number of anilines is 1. The third-order valence-corrected chi connectivity index (χ3v) is 1.76. The SMILES string of the molecule is C=C(C)C(=O)NNc1ccc(C)cc1. The van der Waals surface area contributed by atoms with Gasteiger partial charge in [-0.15, -0.1) is 0 Å². The predicted molar refractivity (Wildman–Crippen MR) is 57.8 cm³/mol. The van der Waals surface area contributed by atoms with Gasteiger partial charge in [0.05, 0.1) is 5.69 Å². The third-order valence-electron chi connectivity index (χ3n) is 1.76. The topological polar surface area (TPSA) is 41.1 Å². The first-order valence-electron chi connectivity index (χ1n) is 4.38. The lowest BCUT2D eigenvalue weighted by Gasteiger charge is -2.07. The van der Waals surface area contributed by atoms with Crippen molar-refractivity contribution in [1.29, 1.82) is 0 Å². The minimum Gasteiger partial charge on any atom is -0.298 e. The van der Waals surface area contributed by atoms with Crippen LogP contribution < -0.4 is 10.9 Å². The van der Waals surface area contributed by atoms with Crippen molar-refractivity contribution < 1.29 is 4.79 Å². The summed E-state index contributed by atoms with van der Waals surface area (Å²) in [5, 5.41) is 0. The van der Waals surface area contributed by atoms with Crippen LogP contribution in [-0.4, -0.2) is 5.91 Å². The van der Waals surface area contributed by atoms with Crippen LogP contribution in [0.15, 0.2) is 36.4 Å². The number of benzene rings is 1. The molecular formula is C11H14N2O. The van der Waals surface area contributed by atoms with Gasteiger partial charge in [0, 0.05) is 5.57 Å². The van der Waals surface area contributed by atoms with Crippen LogP contribution in [0.1, 0.15) is 12.5 Å². The van der Waals surface area contributed by atoms with E-state index < -0.39 is 0 Å². The molecule has 0 aliphatic rings. The highest BCUT2D eigenvalue weighted by atomic mass is 16.2. The molecule has 0 bridgehead atoms. The van der Waals surface area contributed by atoms with E-state index in [0.717, 1.165) is 5.69 Å². The van der Waals surface area contributed by atoms with Gasteiger partial charge in [-0.05, 0) is 26.0 Å². The molecule has 74 valence electrons. The van der Waals surface area contributed by atoms with Crippen LogP contribution in [-0.2, 0) is 4.79 Å². The molecule has 1 aromatic carbocycles. The quantitative estimate of drug-likeness (QED) is 0.565. The molecule has 0 unspecified atom stereocenters. The molecule has 0 heterocycles. The highest BCUT2D eigenvalue weighted by molar-refractivity contribution is 5.92. The summed E-state index contributed by atoms with van der Waals surface area (Å²) < 4.78 is 0. The van der Waals surface area contributed by atoms with Crippen LogP contribution >= 0.6 is 0 Å². The van der Waals surface area contributed by atoms with E-state index in [9.17, 15) is 4.79 Å². The number of carbonyl (C=O) groups excluding carboxylic acids is 1. The molecule has 0 spiro atoms. The first-order valence-corrected chi connectivity index (χ1v) is 4.38. The predicted octanol–water partition coefficient (Wildman–Crippen LogP) is 2.01. The second-order valence-corrected chi connectivity index (χ2v) is 3.23. The average Bonchev–Trinajstić information content (AvgIpc) is 2.16. The van der Waals surface area contributed by atoms with E-state index in [0.29, 0.717) is 5.57 Å². The van der Waals surface area contributed by atoms with E-state index in [-0.39, 0.29) is 5.91 Å². The maximum atomic E-state index is 11.1. The van der Waals surface area contributed by atoms with Gasteiger partial charge < -0.3 is 0 Å². The highest BCUT2D eigenvalue weighted by Crippen LogP contribution is 2.06. The molecule has 0 aromatic heterocycles. The number of hydrazine groups is 1. The van der Waals surface area contributed by atoms with Gasteiger partial charge in [0.25, 0.3) is 5.91 Å². The number of hydrogen-bond donors (Lipinski definition) is 2. The Morgan fingerprint density at radius 1 is 1.29 bits per heavy atom. The molecule has 0 saturated carbocycles. The first-order chi connectivity index (χ1) is 6.59. The van der Waals surface area contributed by atoms with Crippen molar-refractivity contribution in [3.05, 3.63) is 42.0 Å². The third kappa shape index (κ3) is 2.94. The molecule has 0 aliphatic heterocycles. The van der Waals surface area contributed by atoms with Crippen molar-refractivity contribution in [2.45, 2.75) is 13.8 Å². The Morgan fingerprint density at radius 2 is 1.86 bits per heavy atom. The molecule has 0 fully saturated rings. The second-order valence-electron chi connectivity index (χ2n) is 3.23. The van der Waals surface area contributed by atoms with E-state index in [2.05, 4.69) is 17.4 Å². The van der Waals surface area contributed by atoms with Gasteiger partial charge in [0.15, 0.2) is 0 Å². The Morgan fingerprint density at radius 3 is 2.36 bits per heavy atom. The summed E-state index contributed by atoms with van der Waals surface area (Å²) in [6.07, 6.45) is 0. The van der Waals surface area contributed by atoms with Crippen molar-refractivity contribution >= 4 is 11.6 Å². The van der Waals surface area contributed by atoms with Crippen LogP contribution in [0, 0.1) is 6.92 Å². The molecule has 3 nitrogen and oxygen atoms in total.